The lowest BCUT2D eigenvalue weighted by Crippen LogP contribution is -2.35. The Morgan fingerprint density at radius 1 is 1.10 bits per heavy atom. The van der Waals surface area contributed by atoms with E-state index in [1.54, 1.807) is 0 Å². The lowest BCUT2D eigenvalue weighted by Gasteiger charge is -2.17. The van der Waals surface area contributed by atoms with Crippen molar-refractivity contribution in [2.75, 3.05) is 6.61 Å². The van der Waals surface area contributed by atoms with E-state index in [0.717, 1.165) is 13.3 Å². The predicted octanol–water partition coefficient (Wildman–Crippen LogP) is 0.668. The molecule has 0 saturated carbocycles. The van der Waals surface area contributed by atoms with Crippen molar-refractivity contribution in [3.8, 4) is 0 Å². The van der Waals surface area contributed by atoms with Gasteiger partial charge < -0.3 is 19.3 Å². The van der Waals surface area contributed by atoms with Gasteiger partial charge in [0.25, 0.3) is 0 Å². The number of esters is 3. The molecule has 0 amide bonds. The van der Waals surface area contributed by atoms with Crippen LogP contribution in [0.15, 0.2) is 0 Å². The second-order valence-corrected chi connectivity index (χ2v) is 4.30. The van der Waals surface area contributed by atoms with Crippen LogP contribution >= 0.6 is 0 Å². The van der Waals surface area contributed by atoms with Gasteiger partial charge in [0.1, 0.15) is 0 Å². The highest BCUT2D eigenvalue weighted by Gasteiger charge is 2.30. The van der Waals surface area contributed by atoms with Crippen LogP contribution in [-0.4, -0.2) is 47.8 Å². The number of rotatable bonds is 9. The maximum absolute atomic E-state index is 11.7. The van der Waals surface area contributed by atoms with Gasteiger partial charge in [0.15, 0.2) is 6.10 Å². The summed E-state index contributed by atoms with van der Waals surface area (Å²) < 4.78 is 14.2. The molecule has 0 aliphatic carbocycles. The molecule has 2 atom stereocenters. The highest BCUT2D eigenvalue weighted by molar-refractivity contribution is 5.85. The molecule has 0 spiro atoms. The molecule has 2 unspecified atom stereocenters. The molecule has 0 saturated heterocycles. The standard InChI is InChI=1S/C13H20O8/c1-4-5-6-19-12(17)8(2)20-13(18)10(7-11(15)16)21-9(3)14/h8,10H,4-7H2,1-3H3,(H,15,16). The molecule has 0 aromatic rings. The molecule has 8 heteroatoms. The monoisotopic (exact) mass is 304 g/mol. The molecule has 0 aliphatic rings. The molecule has 0 aliphatic heterocycles. The van der Waals surface area contributed by atoms with Crippen molar-refractivity contribution in [3.05, 3.63) is 0 Å². The number of aliphatic carboxylic acids is 1. The second-order valence-electron chi connectivity index (χ2n) is 4.30. The van der Waals surface area contributed by atoms with Crippen molar-refractivity contribution >= 4 is 23.9 Å². The lowest BCUT2D eigenvalue weighted by molar-refractivity contribution is -0.178. The molecule has 0 heterocycles. The Balaban J connectivity index is 4.47. The van der Waals surface area contributed by atoms with E-state index in [1.165, 1.54) is 6.92 Å². The Morgan fingerprint density at radius 3 is 2.19 bits per heavy atom. The first-order valence-electron chi connectivity index (χ1n) is 6.54. The van der Waals surface area contributed by atoms with Gasteiger partial charge in [-0.2, -0.15) is 0 Å². The predicted molar refractivity (Wildman–Crippen MR) is 69.2 cm³/mol. The van der Waals surface area contributed by atoms with Gasteiger partial charge >= 0.3 is 23.9 Å². The third kappa shape index (κ3) is 8.61. The molecular formula is C13H20O8. The summed E-state index contributed by atoms with van der Waals surface area (Å²) in [7, 11) is 0. The highest BCUT2D eigenvalue weighted by Crippen LogP contribution is 2.06. The van der Waals surface area contributed by atoms with Crippen LogP contribution in [0.25, 0.3) is 0 Å². The van der Waals surface area contributed by atoms with Gasteiger partial charge in [0, 0.05) is 6.92 Å². The minimum Gasteiger partial charge on any atom is -0.481 e. The van der Waals surface area contributed by atoms with E-state index in [-0.39, 0.29) is 6.61 Å². The number of carbonyl (C=O) groups is 4. The zero-order chi connectivity index (χ0) is 16.4. The first-order valence-corrected chi connectivity index (χ1v) is 6.54. The van der Waals surface area contributed by atoms with Gasteiger partial charge in [-0.1, -0.05) is 13.3 Å². The van der Waals surface area contributed by atoms with E-state index in [1.807, 2.05) is 6.92 Å². The molecule has 0 radical (unpaired) electrons. The molecule has 0 aromatic carbocycles. The van der Waals surface area contributed by atoms with Crippen LogP contribution in [0, 0.1) is 0 Å². The molecule has 120 valence electrons. The molecule has 0 aromatic heterocycles. The number of ether oxygens (including phenoxy) is 3. The average molecular weight is 304 g/mol. The van der Waals surface area contributed by atoms with Gasteiger partial charge in [-0.05, 0) is 13.3 Å². The summed E-state index contributed by atoms with van der Waals surface area (Å²) in [6, 6.07) is 0. The summed E-state index contributed by atoms with van der Waals surface area (Å²) in [5.41, 5.74) is 0. The van der Waals surface area contributed by atoms with Crippen molar-refractivity contribution in [1.82, 2.24) is 0 Å². The van der Waals surface area contributed by atoms with E-state index in [0.29, 0.717) is 6.42 Å². The Bertz CT molecular complexity index is 374. The van der Waals surface area contributed by atoms with Crippen molar-refractivity contribution in [3.63, 3.8) is 0 Å². The first kappa shape index (κ1) is 18.9. The third-order valence-electron chi connectivity index (χ3n) is 2.30. The van der Waals surface area contributed by atoms with Crippen LogP contribution in [0.4, 0.5) is 0 Å². The maximum Gasteiger partial charge on any atom is 0.348 e. The Morgan fingerprint density at radius 2 is 1.71 bits per heavy atom. The summed E-state index contributed by atoms with van der Waals surface area (Å²) in [5, 5.41) is 8.64. The number of hydrogen-bond acceptors (Lipinski definition) is 7. The van der Waals surface area contributed by atoms with Crippen LogP contribution in [-0.2, 0) is 33.4 Å². The summed E-state index contributed by atoms with van der Waals surface area (Å²) in [6.45, 7) is 4.45. The summed E-state index contributed by atoms with van der Waals surface area (Å²) >= 11 is 0. The van der Waals surface area contributed by atoms with E-state index in [4.69, 9.17) is 14.6 Å². The van der Waals surface area contributed by atoms with Crippen molar-refractivity contribution in [2.45, 2.75) is 52.2 Å². The normalized spacial score (nSPS) is 12.9. The Kier molecular flexibility index (Phi) is 8.75. The molecule has 0 bridgehead atoms. The van der Waals surface area contributed by atoms with Crippen molar-refractivity contribution in [2.24, 2.45) is 0 Å². The fourth-order valence-electron chi connectivity index (χ4n) is 1.26. The highest BCUT2D eigenvalue weighted by atomic mass is 16.6. The zero-order valence-corrected chi connectivity index (χ0v) is 12.3. The maximum atomic E-state index is 11.7. The minimum absolute atomic E-state index is 0.208. The number of hydrogen-bond donors (Lipinski definition) is 1. The first-order chi connectivity index (χ1) is 9.77. The zero-order valence-electron chi connectivity index (χ0n) is 12.3. The van der Waals surface area contributed by atoms with Gasteiger partial charge in [0.2, 0.25) is 6.10 Å². The van der Waals surface area contributed by atoms with Gasteiger partial charge in [-0.25, -0.2) is 9.59 Å². The Hall–Kier alpha value is -2.12. The minimum atomic E-state index is -1.59. The van der Waals surface area contributed by atoms with E-state index in [9.17, 15) is 19.2 Å². The average Bonchev–Trinajstić information content (AvgIpc) is 2.36. The number of carboxylic acids is 1. The number of carboxylic acid groups (broad SMARTS) is 1. The molecule has 0 rings (SSSR count). The molecule has 1 N–H and O–H groups in total. The third-order valence-corrected chi connectivity index (χ3v) is 2.30. The second kappa shape index (κ2) is 9.73. The summed E-state index contributed by atoms with van der Waals surface area (Å²) in [6.07, 6.45) is -2.02. The van der Waals surface area contributed by atoms with Crippen LogP contribution in [0.5, 0.6) is 0 Å². The molecule has 8 nitrogen and oxygen atoms in total. The summed E-state index contributed by atoms with van der Waals surface area (Å²) in [4.78, 5) is 44.6. The summed E-state index contributed by atoms with van der Waals surface area (Å²) in [5.74, 6) is -4.01. The van der Waals surface area contributed by atoms with Crippen LogP contribution in [0.1, 0.15) is 40.0 Å². The van der Waals surface area contributed by atoms with E-state index >= 15 is 0 Å². The topological polar surface area (TPSA) is 116 Å². The molecular weight excluding hydrogens is 284 g/mol. The van der Waals surface area contributed by atoms with Crippen LogP contribution < -0.4 is 0 Å². The smallest absolute Gasteiger partial charge is 0.348 e. The van der Waals surface area contributed by atoms with Crippen molar-refractivity contribution in [1.29, 1.82) is 0 Å². The number of carbonyl (C=O) groups excluding carboxylic acids is 3. The largest absolute Gasteiger partial charge is 0.481 e. The van der Waals surface area contributed by atoms with Gasteiger partial charge in [-0.3, -0.25) is 9.59 Å². The molecule has 0 fully saturated rings. The molecule has 21 heavy (non-hydrogen) atoms. The lowest BCUT2D eigenvalue weighted by atomic mass is 10.2. The fourth-order valence-corrected chi connectivity index (χ4v) is 1.26. The van der Waals surface area contributed by atoms with Crippen LogP contribution in [0.3, 0.4) is 0 Å². The number of unbranched alkanes of at least 4 members (excludes halogenated alkanes) is 1. The fraction of sp³-hybridized carbons (Fsp3) is 0.692. The van der Waals surface area contributed by atoms with Gasteiger partial charge in [-0.15, -0.1) is 0 Å². The van der Waals surface area contributed by atoms with Crippen LogP contribution in [0.2, 0.25) is 0 Å². The van der Waals surface area contributed by atoms with Gasteiger partial charge in [0.05, 0.1) is 13.0 Å². The van der Waals surface area contributed by atoms with E-state index < -0.39 is 42.5 Å². The van der Waals surface area contributed by atoms with Crippen molar-refractivity contribution < 1.29 is 38.5 Å². The SMILES string of the molecule is CCCCOC(=O)C(C)OC(=O)C(CC(=O)O)OC(C)=O. The van der Waals surface area contributed by atoms with E-state index in [2.05, 4.69) is 4.74 Å². The quantitative estimate of drug-likeness (QED) is 0.375. The Labute approximate surface area is 122 Å².